The lowest BCUT2D eigenvalue weighted by Gasteiger charge is -2.36. The zero-order valence-electron chi connectivity index (χ0n) is 24.7. The summed E-state index contributed by atoms with van der Waals surface area (Å²) in [5.41, 5.74) is 0. The van der Waals surface area contributed by atoms with Crippen molar-refractivity contribution in [2.75, 3.05) is 85.9 Å². The zero-order valence-corrected chi connectivity index (χ0v) is 25.7. The Balaban J connectivity index is 3.13. The highest BCUT2D eigenvalue weighted by atomic mass is 28.4. The molecule has 0 rings (SSSR count). The van der Waals surface area contributed by atoms with Crippen molar-refractivity contribution in [1.29, 1.82) is 0 Å². The Hall–Kier alpha value is -0.0631. The van der Waals surface area contributed by atoms with Gasteiger partial charge >= 0.3 is 0 Å². The first kappa shape index (κ1) is 35.9. The van der Waals surface area contributed by atoms with E-state index in [1.807, 2.05) is 0 Å². The SMILES string of the molecule is CCCCCCCCCCOCCOCCOCCOCCOCCOCCO[Si](C)(C)C(C)(C)C. The summed E-state index contributed by atoms with van der Waals surface area (Å²) in [5, 5.41) is 0.232. The van der Waals surface area contributed by atoms with Crippen LogP contribution in [-0.4, -0.2) is 94.2 Å². The first-order chi connectivity index (χ1) is 17.3. The van der Waals surface area contributed by atoms with Gasteiger partial charge < -0.3 is 32.8 Å². The van der Waals surface area contributed by atoms with Crippen molar-refractivity contribution < 1.29 is 32.8 Å². The topological polar surface area (TPSA) is 64.6 Å². The molecule has 0 amide bonds. The van der Waals surface area contributed by atoms with E-state index in [9.17, 15) is 0 Å². The van der Waals surface area contributed by atoms with Crippen LogP contribution in [0.1, 0.15) is 79.1 Å². The molecule has 36 heavy (non-hydrogen) atoms. The van der Waals surface area contributed by atoms with Gasteiger partial charge in [-0.1, -0.05) is 72.6 Å². The highest BCUT2D eigenvalue weighted by Crippen LogP contribution is 2.36. The second-order valence-electron chi connectivity index (χ2n) is 10.8. The van der Waals surface area contributed by atoms with Gasteiger partial charge in [-0.25, -0.2) is 0 Å². The standard InChI is InChI=1S/C28H60O7Si/c1-7-8-9-10-11-12-13-14-15-29-16-17-30-18-19-31-20-21-32-22-23-33-24-25-34-26-27-35-36(5,6)28(2,3)4/h7-27H2,1-6H3. The normalized spacial score (nSPS) is 12.5. The summed E-state index contributed by atoms with van der Waals surface area (Å²) in [6.07, 6.45) is 10.6. The van der Waals surface area contributed by atoms with Crippen LogP contribution in [0.2, 0.25) is 18.1 Å². The van der Waals surface area contributed by atoms with E-state index in [-0.39, 0.29) is 5.04 Å². The van der Waals surface area contributed by atoms with Gasteiger partial charge in [0, 0.05) is 6.61 Å². The van der Waals surface area contributed by atoms with Crippen molar-refractivity contribution in [1.82, 2.24) is 0 Å². The Bertz CT molecular complexity index is 444. The summed E-state index contributed by atoms with van der Waals surface area (Å²) in [4.78, 5) is 0. The van der Waals surface area contributed by atoms with Crippen molar-refractivity contribution in [3.63, 3.8) is 0 Å². The number of ether oxygens (including phenoxy) is 6. The van der Waals surface area contributed by atoms with Crippen LogP contribution in [-0.2, 0) is 32.8 Å². The van der Waals surface area contributed by atoms with E-state index >= 15 is 0 Å². The van der Waals surface area contributed by atoms with Gasteiger partial charge in [-0.05, 0) is 24.6 Å². The molecule has 0 spiro atoms. The lowest BCUT2D eigenvalue weighted by Crippen LogP contribution is -2.41. The maximum Gasteiger partial charge on any atom is 0.192 e. The van der Waals surface area contributed by atoms with Crippen LogP contribution >= 0.6 is 0 Å². The van der Waals surface area contributed by atoms with Crippen LogP contribution in [0.15, 0.2) is 0 Å². The molecule has 218 valence electrons. The number of hydrogen-bond acceptors (Lipinski definition) is 7. The fraction of sp³-hybridized carbons (Fsp3) is 1.00. The van der Waals surface area contributed by atoms with E-state index in [0.29, 0.717) is 79.3 Å². The predicted octanol–water partition coefficient (Wildman–Crippen LogP) is 6.25. The van der Waals surface area contributed by atoms with Gasteiger partial charge in [-0.3, -0.25) is 0 Å². The van der Waals surface area contributed by atoms with Crippen LogP contribution in [0, 0.1) is 0 Å². The molecule has 0 aromatic carbocycles. The number of hydrogen-bond donors (Lipinski definition) is 0. The number of rotatable bonds is 28. The van der Waals surface area contributed by atoms with Crippen molar-refractivity contribution in [2.45, 2.75) is 97.2 Å². The average Bonchev–Trinajstić information content (AvgIpc) is 2.82. The summed E-state index contributed by atoms with van der Waals surface area (Å²) < 4.78 is 39.3. The molecule has 0 saturated heterocycles. The van der Waals surface area contributed by atoms with Crippen LogP contribution < -0.4 is 0 Å². The smallest absolute Gasteiger partial charge is 0.192 e. The van der Waals surface area contributed by atoms with Crippen molar-refractivity contribution in [2.24, 2.45) is 0 Å². The Morgan fingerprint density at radius 3 is 1.08 bits per heavy atom. The lowest BCUT2D eigenvalue weighted by molar-refractivity contribution is -0.0180. The van der Waals surface area contributed by atoms with Crippen molar-refractivity contribution in [3.05, 3.63) is 0 Å². The zero-order chi connectivity index (χ0) is 26.8. The van der Waals surface area contributed by atoms with E-state index in [2.05, 4.69) is 40.8 Å². The maximum atomic E-state index is 6.08. The summed E-state index contributed by atoms with van der Waals surface area (Å²) in [7, 11) is -1.68. The first-order valence-corrected chi connectivity index (χ1v) is 17.3. The molecular weight excluding hydrogens is 476 g/mol. The Kier molecular flexibility index (Phi) is 25.2. The second kappa shape index (κ2) is 25.2. The van der Waals surface area contributed by atoms with Gasteiger partial charge in [-0.2, -0.15) is 0 Å². The summed E-state index contributed by atoms with van der Waals surface area (Å²) >= 11 is 0. The Labute approximate surface area is 224 Å². The molecule has 0 saturated carbocycles. The van der Waals surface area contributed by atoms with E-state index in [1.54, 1.807) is 0 Å². The van der Waals surface area contributed by atoms with E-state index in [0.717, 1.165) is 13.0 Å². The van der Waals surface area contributed by atoms with Crippen LogP contribution in [0.5, 0.6) is 0 Å². The van der Waals surface area contributed by atoms with Crippen LogP contribution in [0.25, 0.3) is 0 Å². The van der Waals surface area contributed by atoms with Gasteiger partial charge in [0.25, 0.3) is 0 Å². The molecule has 0 unspecified atom stereocenters. The highest BCUT2D eigenvalue weighted by molar-refractivity contribution is 6.74. The molecule has 0 N–H and O–H groups in total. The monoisotopic (exact) mass is 536 g/mol. The molecule has 0 aromatic rings. The fourth-order valence-electron chi connectivity index (χ4n) is 3.11. The molecule has 0 aliphatic carbocycles. The molecule has 0 heterocycles. The van der Waals surface area contributed by atoms with Gasteiger partial charge in [0.1, 0.15) is 0 Å². The van der Waals surface area contributed by atoms with Gasteiger partial charge in [0.15, 0.2) is 8.32 Å². The Morgan fingerprint density at radius 2 is 0.722 bits per heavy atom. The third-order valence-corrected chi connectivity index (χ3v) is 11.0. The first-order valence-electron chi connectivity index (χ1n) is 14.4. The highest BCUT2D eigenvalue weighted by Gasteiger charge is 2.36. The van der Waals surface area contributed by atoms with Gasteiger partial charge in [0.2, 0.25) is 0 Å². The molecule has 8 heteroatoms. The molecule has 0 aromatic heterocycles. The molecule has 0 aliphatic rings. The van der Waals surface area contributed by atoms with Gasteiger partial charge in [-0.15, -0.1) is 0 Å². The lowest BCUT2D eigenvalue weighted by atomic mass is 10.1. The second-order valence-corrected chi connectivity index (χ2v) is 15.6. The molecule has 0 atom stereocenters. The third-order valence-electron chi connectivity index (χ3n) is 6.50. The fourth-order valence-corrected chi connectivity index (χ4v) is 4.14. The quantitative estimate of drug-likeness (QED) is 0.0865. The molecule has 0 aliphatic heterocycles. The predicted molar refractivity (Wildman–Crippen MR) is 151 cm³/mol. The van der Waals surface area contributed by atoms with Crippen molar-refractivity contribution in [3.8, 4) is 0 Å². The minimum atomic E-state index is -1.68. The molecule has 0 fully saturated rings. The summed E-state index contributed by atoms with van der Waals surface area (Å²) in [5.74, 6) is 0. The van der Waals surface area contributed by atoms with Crippen LogP contribution in [0.3, 0.4) is 0 Å². The van der Waals surface area contributed by atoms with Gasteiger partial charge in [0.05, 0.1) is 79.3 Å². The maximum absolute atomic E-state index is 6.08. The summed E-state index contributed by atoms with van der Waals surface area (Å²) in [6, 6.07) is 0. The molecular formula is C28H60O7Si. The molecule has 0 radical (unpaired) electrons. The van der Waals surface area contributed by atoms with Crippen molar-refractivity contribution >= 4 is 8.32 Å². The van der Waals surface area contributed by atoms with E-state index in [1.165, 1.54) is 44.9 Å². The molecule has 7 nitrogen and oxygen atoms in total. The largest absolute Gasteiger partial charge is 0.414 e. The average molecular weight is 537 g/mol. The third kappa shape index (κ3) is 24.3. The van der Waals surface area contributed by atoms with E-state index < -0.39 is 8.32 Å². The minimum absolute atomic E-state index is 0.232. The number of unbranched alkanes of at least 4 members (excludes halogenated alkanes) is 7. The minimum Gasteiger partial charge on any atom is -0.414 e. The van der Waals surface area contributed by atoms with Crippen LogP contribution in [0.4, 0.5) is 0 Å². The van der Waals surface area contributed by atoms with E-state index in [4.69, 9.17) is 32.8 Å². The Morgan fingerprint density at radius 1 is 0.417 bits per heavy atom. The molecule has 0 bridgehead atoms. The summed E-state index contributed by atoms with van der Waals surface area (Å²) in [6.45, 7) is 21.5.